The van der Waals surface area contributed by atoms with E-state index >= 15 is 0 Å². The van der Waals surface area contributed by atoms with Gasteiger partial charge in [-0.1, -0.05) is 36.7 Å². The van der Waals surface area contributed by atoms with Gasteiger partial charge in [-0.25, -0.2) is 9.97 Å². The number of hydrogen-bond acceptors (Lipinski definition) is 3. The highest BCUT2D eigenvalue weighted by atomic mass is 35.5. The molecule has 0 aliphatic heterocycles. The fourth-order valence-corrected chi connectivity index (χ4v) is 3.59. The Labute approximate surface area is 168 Å². The predicted molar refractivity (Wildman–Crippen MR) is 113 cm³/mol. The van der Waals surface area contributed by atoms with Crippen LogP contribution in [0.15, 0.2) is 54.6 Å². The molecule has 0 N–H and O–H groups in total. The number of para-hydroxylation sites is 1. The average Bonchev–Trinajstić information content (AvgIpc) is 2.98. The lowest BCUT2D eigenvalue weighted by Crippen LogP contribution is -2.09. The summed E-state index contributed by atoms with van der Waals surface area (Å²) in [6.07, 6.45) is 0.648. The molecule has 0 saturated heterocycles. The number of aryl methyl sites for hydroxylation is 2. The van der Waals surface area contributed by atoms with Crippen molar-refractivity contribution in [2.75, 3.05) is 0 Å². The van der Waals surface area contributed by atoms with E-state index in [0.717, 1.165) is 28.0 Å². The molecule has 0 saturated carbocycles. The minimum atomic E-state index is -0.118. The fourth-order valence-electron chi connectivity index (χ4n) is 3.46. The molecule has 4 rings (SSSR count). The molecule has 140 valence electrons. The van der Waals surface area contributed by atoms with E-state index in [9.17, 15) is 4.79 Å². The van der Waals surface area contributed by atoms with Crippen LogP contribution in [0, 0.1) is 13.8 Å². The van der Waals surface area contributed by atoms with Crippen molar-refractivity contribution in [2.24, 2.45) is 0 Å². The van der Waals surface area contributed by atoms with Gasteiger partial charge in [0, 0.05) is 28.4 Å². The SMILES string of the molecule is CCc1nc(C(=O)c2ccc(Cl)cc2)c2c(C)c(C)n(-c3ccccc3)c2n1. The smallest absolute Gasteiger partial charge is 0.212 e. The van der Waals surface area contributed by atoms with E-state index in [2.05, 4.69) is 9.55 Å². The van der Waals surface area contributed by atoms with Crippen molar-refractivity contribution in [1.82, 2.24) is 14.5 Å². The summed E-state index contributed by atoms with van der Waals surface area (Å²) in [5, 5.41) is 1.40. The van der Waals surface area contributed by atoms with Gasteiger partial charge in [-0.05, 0) is 55.8 Å². The third kappa shape index (κ3) is 3.00. The second-order valence-electron chi connectivity index (χ2n) is 6.76. The number of halogens is 1. The number of nitrogens with zero attached hydrogens (tertiary/aromatic N) is 3. The molecule has 2 heterocycles. The van der Waals surface area contributed by atoms with Crippen LogP contribution in [-0.2, 0) is 6.42 Å². The monoisotopic (exact) mass is 389 g/mol. The largest absolute Gasteiger partial charge is 0.298 e. The summed E-state index contributed by atoms with van der Waals surface area (Å²) in [5.41, 5.74) is 4.86. The molecular formula is C23H20ClN3O. The van der Waals surface area contributed by atoms with Crippen LogP contribution in [0.5, 0.6) is 0 Å². The van der Waals surface area contributed by atoms with Crippen LogP contribution in [0.4, 0.5) is 0 Å². The summed E-state index contributed by atoms with van der Waals surface area (Å²) in [7, 11) is 0. The van der Waals surface area contributed by atoms with Crippen LogP contribution < -0.4 is 0 Å². The van der Waals surface area contributed by atoms with Crippen molar-refractivity contribution in [3.63, 3.8) is 0 Å². The Morgan fingerprint density at radius 3 is 2.32 bits per heavy atom. The minimum absolute atomic E-state index is 0.118. The lowest BCUT2D eigenvalue weighted by Gasteiger charge is -2.09. The Bertz CT molecular complexity index is 1180. The maximum atomic E-state index is 13.3. The molecular weight excluding hydrogens is 370 g/mol. The predicted octanol–water partition coefficient (Wildman–Crippen LogP) is 5.48. The Balaban J connectivity index is 2.02. The van der Waals surface area contributed by atoms with E-state index in [4.69, 9.17) is 16.6 Å². The third-order valence-corrected chi connectivity index (χ3v) is 5.31. The van der Waals surface area contributed by atoms with Crippen molar-refractivity contribution in [3.8, 4) is 5.69 Å². The molecule has 5 heteroatoms. The summed E-state index contributed by atoms with van der Waals surface area (Å²) in [6, 6.07) is 17.0. The number of ketones is 1. The zero-order valence-corrected chi connectivity index (χ0v) is 16.8. The van der Waals surface area contributed by atoms with Crippen molar-refractivity contribution in [1.29, 1.82) is 0 Å². The number of rotatable bonds is 4. The first-order valence-electron chi connectivity index (χ1n) is 9.25. The molecule has 0 atom stereocenters. The first-order chi connectivity index (χ1) is 13.5. The zero-order chi connectivity index (χ0) is 19.8. The van der Waals surface area contributed by atoms with Crippen LogP contribution in [-0.4, -0.2) is 20.3 Å². The Morgan fingerprint density at radius 1 is 1.00 bits per heavy atom. The van der Waals surface area contributed by atoms with Gasteiger partial charge < -0.3 is 0 Å². The average molecular weight is 390 g/mol. The summed E-state index contributed by atoms with van der Waals surface area (Å²) in [6.45, 7) is 6.06. The molecule has 4 nitrogen and oxygen atoms in total. The van der Waals surface area contributed by atoms with E-state index in [-0.39, 0.29) is 5.78 Å². The minimum Gasteiger partial charge on any atom is -0.298 e. The number of carbonyl (C=O) groups excluding carboxylic acids is 1. The van der Waals surface area contributed by atoms with Crippen molar-refractivity contribution in [2.45, 2.75) is 27.2 Å². The van der Waals surface area contributed by atoms with Gasteiger partial charge in [-0.15, -0.1) is 0 Å². The normalized spacial score (nSPS) is 11.1. The molecule has 4 aromatic rings. The highest BCUT2D eigenvalue weighted by Crippen LogP contribution is 2.30. The van der Waals surface area contributed by atoms with Gasteiger partial charge in [-0.3, -0.25) is 9.36 Å². The van der Waals surface area contributed by atoms with Crippen LogP contribution in [0.2, 0.25) is 5.02 Å². The summed E-state index contributed by atoms with van der Waals surface area (Å²) < 4.78 is 2.10. The van der Waals surface area contributed by atoms with Crippen molar-refractivity contribution < 1.29 is 4.79 Å². The standard InChI is InChI=1S/C23H20ClN3O/c1-4-19-25-21(22(28)16-10-12-17(24)13-11-16)20-14(2)15(3)27(23(20)26-19)18-8-6-5-7-9-18/h5-13H,4H2,1-3H3. The maximum absolute atomic E-state index is 13.3. The lowest BCUT2D eigenvalue weighted by atomic mass is 10.0. The van der Waals surface area contributed by atoms with Crippen molar-refractivity contribution in [3.05, 3.63) is 88.0 Å². The van der Waals surface area contributed by atoms with Crippen LogP contribution in [0.25, 0.3) is 16.7 Å². The van der Waals surface area contributed by atoms with Gasteiger partial charge >= 0.3 is 0 Å². The first-order valence-corrected chi connectivity index (χ1v) is 9.63. The lowest BCUT2D eigenvalue weighted by molar-refractivity contribution is 0.103. The zero-order valence-electron chi connectivity index (χ0n) is 16.0. The summed E-state index contributed by atoms with van der Waals surface area (Å²) in [4.78, 5) is 22.7. The Hall–Kier alpha value is -2.98. The van der Waals surface area contributed by atoms with Gasteiger partial charge in [-0.2, -0.15) is 0 Å². The van der Waals surface area contributed by atoms with Gasteiger partial charge in [0.1, 0.15) is 17.2 Å². The van der Waals surface area contributed by atoms with Crippen LogP contribution in [0.1, 0.15) is 40.1 Å². The van der Waals surface area contributed by atoms with E-state index in [1.165, 1.54) is 0 Å². The first kappa shape index (κ1) is 18.4. The third-order valence-electron chi connectivity index (χ3n) is 5.05. The van der Waals surface area contributed by atoms with Crippen molar-refractivity contribution >= 4 is 28.4 Å². The van der Waals surface area contributed by atoms with Gasteiger partial charge in [0.05, 0.1) is 5.39 Å². The highest BCUT2D eigenvalue weighted by Gasteiger charge is 2.23. The molecule has 0 unspecified atom stereocenters. The van der Waals surface area contributed by atoms with E-state index in [1.54, 1.807) is 24.3 Å². The quantitative estimate of drug-likeness (QED) is 0.434. The molecule has 0 aliphatic carbocycles. The molecule has 0 bridgehead atoms. The Morgan fingerprint density at radius 2 is 1.68 bits per heavy atom. The number of carbonyl (C=O) groups is 1. The van der Waals surface area contributed by atoms with Gasteiger partial charge in [0.2, 0.25) is 5.78 Å². The molecule has 0 amide bonds. The number of hydrogen-bond donors (Lipinski definition) is 0. The molecule has 28 heavy (non-hydrogen) atoms. The van der Waals surface area contributed by atoms with Gasteiger partial charge in [0.25, 0.3) is 0 Å². The van der Waals surface area contributed by atoms with E-state index in [0.29, 0.717) is 28.5 Å². The van der Waals surface area contributed by atoms with Crippen LogP contribution >= 0.6 is 11.6 Å². The summed E-state index contributed by atoms with van der Waals surface area (Å²) >= 11 is 5.98. The fraction of sp³-hybridized carbons (Fsp3) is 0.174. The van der Waals surface area contributed by atoms with Gasteiger partial charge in [0.15, 0.2) is 0 Å². The molecule has 2 aromatic carbocycles. The molecule has 0 fully saturated rings. The maximum Gasteiger partial charge on any atom is 0.212 e. The Kier molecular flexibility index (Phi) is 4.73. The highest BCUT2D eigenvalue weighted by molar-refractivity contribution is 6.30. The molecule has 0 radical (unpaired) electrons. The molecule has 0 spiro atoms. The van der Waals surface area contributed by atoms with Crippen LogP contribution in [0.3, 0.4) is 0 Å². The molecule has 0 aliphatic rings. The van der Waals surface area contributed by atoms with E-state index in [1.807, 2.05) is 51.1 Å². The topological polar surface area (TPSA) is 47.8 Å². The number of aromatic nitrogens is 3. The summed E-state index contributed by atoms with van der Waals surface area (Å²) in [5.74, 6) is 0.534. The second kappa shape index (κ2) is 7.21. The second-order valence-corrected chi connectivity index (χ2v) is 7.19. The molecule has 2 aromatic heterocycles. The van der Waals surface area contributed by atoms with E-state index < -0.39 is 0 Å². The number of benzene rings is 2. The number of fused-ring (bicyclic) bond motifs is 1.